The molecule has 0 atom stereocenters. The Balaban J connectivity index is 2.07. The quantitative estimate of drug-likeness (QED) is 0.856. The first kappa shape index (κ1) is 10.1. The molecule has 2 rings (SSSR count). The van der Waals surface area contributed by atoms with Crippen LogP contribution in [0.4, 0.5) is 5.82 Å². The average molecular weight is 245 g/mol. The van der Waals surface area contributed by atoms with Crippen LogP contribution in [0.2, 0.25) is 10.4 Å². The lowest BCUT2D eigenvalue weighted by Crippen LogP contribution is -2.04. The van der Waals surface area contributed by atoms with E-state index in [1.54, 1.807) is 6.20 Å². The van der Waals surface area contributed by atoms with Crippen molar-refractivity contribution in [3.63, 3.8) is 0 Å². The van der Waals surface area contributed by atoms with Gasteiger partial charge in [0.1, 0.15) is 0 Å². The van der Waals surface area contributed by atoms with Crippen LogP contribution in [0, 0.1) is 0 Å². The second-order valence-electron chi connectivity index (χ2n) is 2.66. The van der Waals surface area contributed by atoms with Gasteiger partial charge in [0.05, 0.1) is 12.2 Å². The lowest BCUT2D eigenvalue weighted by molar-refractivity contribution is 0.938. The van der Waals surface area contributed by atoms with Gasteiger partial charge >= 0.3 is 0 Å². The molecule has 0 aromatic carbocycles. The van der Waals surface area contributed by atoms with Gasteiger partial charge in [0.15, 0.2) is 11.0 Å². The summed E-state index contributed by atoms with van der Waals surface area (Å²) >= 11 is 11.3. The summed E-state index contributed by atoms with van der Waals surface area (Å²) in [4.78, 5) is 3.89. The summed E-state index contributed by atoms with van der Waals surface area (Å²) in [5.41, 5.74) is 0.904. The zero-order chi connectivity index (χ0) is 10.7. The predicted octanol–water partition coefficient (Wildman–Crippen LogP) is 1.51. The highest BCUT2D eigenvalue weighted by Crippen LogP contribution is 2.16. The number of H-pyrrole nitrogens is 1. The van der Waals surface area contributed by atoms with Gasteiger partial charge in [-0.15, -0.1) is 10.2 Å². The summed E-state index contributed by atoms with van der Waals surface area (Å²) in [5.74, 6) is 0.395. The second kappa shape index (κ2) is 4.41. The first-order chi connectivity index (χ1) is 7.25. The molecular weight excluding hydrogens is 239 g/mol. The minimum Gasteiger partial charge on any atom is -0.362 e. The third kappa shape index (κ3) is 2.54. The number of rotatable bonds is 3. The van der Waals surface area contributed by atoms with E-state index in [0.717, 1.165) is 5.69 Å². The highest BCUT2D eigenvalue weighted by atomic mass is 35.5. The largest absolute Gasteiger partial charge is 0.362 e. The maximum atomic E-state index is 5.75. The molecule has 0 radical (unpaired) electrons. The molecule has 6 nitrogen and oxygen atoms in total. The van der Waals surface area contributed by atoms with E-state index >= 15 is 0 Å². The summed E-state index contributed by atoms with van der Waals surface area (Å²) < 4.78 is 0. The maximum absolute atomic E-state index is 5.75. The molecule has 0 bridgehead atoms. The fourth-order valence-corrected chi connectivity index (χ4v) is 1.24. The van der Waals surface area contributed by atoms with E-state index in [2.05, 4.69) is 30.7 Å². The maximum Gasteiger partial charge on any atom is 0.245 e. The molecule has 0 aliphatic rings. The molecule has 15 heavy (non-hydrogen) atoms. The number of hydrogen-bond donors (Lipinski definition) is 2. The third-order valence-corrected chi connectivity index (χ3v) is 2.04. The van der Waals surface area contributed by atoms with Gasteiger partial charge in [0, 0.05) is 6.20 Å². The Bertz CT molecular complexity index is 443. The van der Waals surface area contributed by atoms with Crippen LogP contribution < -0.4 is 5.32 Å². The van der Waals surface area contributed by atoms with Crippen molar-refractivity contribution in [1.82, 2.24) is 25.4 Å². The van der Waals surface area contributed by atoms with Crippen molar-refractivity contribution in [2.75, 3.05) is 5.32 Å². The topological polar surface area (TPSA) is 79.4 Å². The van der Waals surface area contributed by atoms with Gasteiger partial charge in [-0.05, 0) is 17.7 Å². The molecule has 0 saturated carbocycles. The van der Waals surface area contributed by atoms with Gasteiger partial charge in [0.2, 0.25) is 5.28 Å². The Kier molecular flexibility index (Phi) is 2.98. The SMILES string of the molecule is Clc1nnc(Cl)c(NCc2ccn[nH]2)n1. The molecule has 0 fully saturated rings. The zero-order valence-corrected chi connectivity index (χ0v) is 8.92. The number of aromatic amines is 1. The first-order valence-corrected chi connectivity index (χ1v) is 4.79. The van der Waals surface area contributed by atoms with Crippen molar-refractivity contribution < 1.29 is 0 Å². The predicted molar refractivity (Wildman–Crippen MR) is 55.8 cm³/mol. The lowest BCUT2D eigenvalue weighted by atomic mass is 10.4. The summed E-state index contributed by atoms with van der Waals surface area (Å²) in [7, 11) is 0. The Hall–Kier alpha value is -1.40. The van der Waals surface area contributed by atoms with E-state index in [9.17, 15) is 0 Å². The van der Waals surface area contributed by atoms with E-state index in [1.807, 2.05) is 6.07 Å². The van der Waals surface area contributed by atoms with Crippen LogP contribution in [0.3, 0.4) is 0 Å². The third-order valence-electron chi connectivity index (χ3n) is 1.62. The zero-order valence-electron chi connectivity index (χ0n) is 7.41. The molecule has 8 heteroatoms. The van der Waals surface area contributed by atoms with Crippen LogP contribution in [-0.4, -0.2) is 25.4 Å². The highest BCUT2D eigenvalue weighted by molar-refractivity contribution is 6.32. The Morgan fingerprint density at radius 1 is 1.33 bits per heavy atom. The van der Waals surface area contributed by atoms with E-state index in [1.165, 1.54) is 0 Å². The average Bonchev–Trinajstić information content (AvgIpc) is 2.72. The van der Waals surface area contributed by atoms with Crippen LogP contribution >= 0.6 is 23.2 Å². The number of halogens is 2. The first-order valence-electron chi connectivity index (χ1n) is 4.03. The van der Waals surface area contributed by atoms with E-state index < -0.39 is 0 Å². The molecule has 0 saturated heterocycles. The van der Waals surface area contributed by atoms with Crippen LogP contribution in [0.25, 0.3) is 0 Å². The lowest BCUT2D eigenvalue weighted by Gasteiger charge is -2.04. The van der Waals surface area contributed by atoms with Gasteiger partial charge in [-0.1, -0.05) is 11.6 Å². The molecule has 2 aromatic rings. The normalized spacial score (nSPS) is 10.3. The Labute approximate surface area is 95.0 Å². The van der Waals surface area contributed by atoms with Crippen LogP contribution in [0.5, 0.6) is 0 Å². The minimum atomic E-state index is 0.0477. The number of nitrogens with zero attached hydrogens (tertiary/aromatic N) is 4. The van der Waals surface area contributed by atoms with Gasteiger partial charge in [-0.25, -0.2) is 0 Å². The Morgan fingerprint density at radius 2 is 2.20 bits per heavy atom. The van der Waals surface area contributed by atoms with E-state index in [-0.39, 0.29) is 10.4 Å². The van der Waals surface area contributed by atoms with Crippen molar-refractivity contribution in [3.8, 4) is 0 Å². The van der Waals surface area contributed by atoms with E-state index in [0.29, 0.717) is 12.4 Å². The summed E-state index contributed by atoms with van der Waals surface area (Å²) in [5, 5.41) is 16.9. The molecule has 0 spiro atoms. The van der Waals surface area contributed by atoms with E-state index in [4.69, 9.17) is 23.2 Å². The smallest absolute Gasteiger partial charge is 0.245 e. The fourth-order valence-electron chi connectivity index (χ4n) is 0.968. The van der Waals surface area contributed by atoms with Crippen molar-refractivity contribution in [2.24, 2.45) is 0 Å². The standard InChI is InChI=1S/C7H6Cl2N6/c8-5-6(12-7(9)15-14-5)10-3-4-1-2-11-13-4/h1-2H,3H2,(H,11,13)(H,10,12,15). The molecule has 2 N–H and O–H groups in total. The van der Waals surface area contributed by atoms with Crippen LogP contribution in [0.15, 0.2) is 12.3 Å². The van der Waals surface area contributed by atoms with Crippen LogP contribution in [-0.2, 0) is 6.54 Å². The second-order valence-corrected chi connectivity index (χ2v) is 3.35. The molecule has 0 amide bonds. The van der Waals surface area contributed by atoms with Gasteiger partial charge in [0.25, 0.3) is 0 Å². The van der Waals surface area contributed by atoms with Gasteiger partial charge in [-0.2, -0.15) is 10.1 Å². The Morgan fingerprint density at radius 3 is 2.93 bits per heavy atom. The van der Waals surface area contributed by atoms with Gasteiger partial charge in [-0.3, -0.25) is 5.10 Å². The summed E-state index contributed by atoms with van der Waals surface area (Å²) in [6.45, 7) is 0.509. The summed E-state index contributed by atoms with van der Waals surface area (Å²) in [6, 6.07) is 1.83. The van der Waals surface area contributed by atoms with Crippen LogP contribution in [0.1, 0.15) is 5.69 Å². The fraction of sp³-hybridized carbons (Fsp3) is 0.143. The highest BCUT2D eigenvalue weighted by Gasteiger charge is 2.05. The molecule has 0 unspecified atom stereocenters. The number of aromatic nitrogens is 5. The number of nitrogens with one attached hydrogen (secondary N) is 2. The van der Waals surface area contributed by atoms with Crippen molar-refractivity contribution in [3.05, 3.63) is 28.4 Å². The number of hydrogen-bond acceptors (Lipinski definition) is 5. The molecular formula is C7H6Cl2N6. The minimum absolute atomic E-state index is 0.0477. The van der Waals surface area contributed by atoms with Crippen molar-refractivity contribution in [1.29, 1.82) is 0 Å². The monoisotopic (exact) mass is 244 g/mol. The van der Waals surface area contributed by atoms with Crippen molar-refractivity contribution >= 4 is 29.0 Å². The molecule has 78 valence electrons. The molecule has 0 aliphatic carbocycles. The number of anilines is 1. The summed E-state index contributed by atoms with van der Waals surface area (Å²) in [6.07, 6.45) is 1.66. The molecule has 2 aromatic heterocycles. The van der Waals surface area contributed by atoms with Crippen molar-refractivity contribution in [2.45, 2.75) is 6.54 Å². The molecule has 2 heterocycles. The van der Waals surface area contributed by atoms with Gasteiger partial charge < -0.3 is 5.32 Å². The molecule has 0 aliphatic heterocycles.